The van der Waals surface area contributed by atoms with E-state index >= 15 is 0 Å². The predicted molar refractivity (Wildman–Crippen MR) is 99.1 cm³/mol. The Hall–Kier alpha value is -2.21. The molecule has 1 N–H and O–H groups in total. The third kappa shape index (κ3) is 4.49. The normalized spacial score (nSPS) is 12.9. The van der Waals surface area contributed by atoms with Gasteiger partial charge in [-0.15, -0.1) is 12.4 Å². The summed E-state index contributed by atoms with van der Waals surface area (Å²) in [5.74, 6) is -0.271. The van der Waals surface area contributed by atoms with E-state index in [0.717, 1.165) is 11.1 Å². The van der Waals surface area contributed by atoms with Crippen LogP contribution >= 0.6 is 12.4 Å². The second-order valence-corrected chi connectivity index (χ2v) is 5.97. The fourth-order valence-corrected chi connectivity index (χ4v) is 2.94. The summed E-state index contributed by atoms with van der Waals surface area (Å²) in [7, 11) is 1.53. The number of phenols is 1. The number of aromatic hydroxyl groups is 1. The number of fused-ring (bicyclic) bond motifs is 1. The number of hydrogen-bond donors (Lipinski definition) is 1. The maximum absolute atomic E-state index is 11.9. The van der Waals surface area contributed by atoms with Gasteiger partial charge in [-0.1, -0.05) is 11.6 Å². The quantitative estimate of drug-likeness (QED) is 0.571. The van der Waals surface area contributed by atoms with Gasteiger partial charge in [-0.25, -0.2) is 4.79 Å². The number of cyclic esters (lactones) is 1. The highest BCUT2D eigenvalue weighted by Gasteiger charge is 2.31. The lowest BCUT2D eigenvalue weighted by molar-refractivity contribution is -0.143. The Morgan fingerprint density at radius 1 is 1.35 bits per heavy atom. The van der Waals surface area contributed by atoms with Crippen molar-refractivity contribution >= 4 is 24.3 Å². The third-order valence-electron chi connectivity index (χ3n) is 4.33. The van der Waals surface area contributed by atoms with Crippen molar-refractivity contribution in [1.82, 2.24) is 0 Å². The van der Waals surface area contributed by atoms with Crippen LogP contribution < -0.4 is 4.74 Å². The molecule has 1 aromatic carbocycles. The number of phenolic OH excluding ortho intramolecular Hbond substituents is 1. The number of carbonyl (C=O) groups excluding carboxylic acids is 2. The van der Waals surface area contributed by atoms with Crippen LogP contribution in [0.25, 0.3) is 0 Å². The van der Waals surface area contributed by atoms with Crippen LogP contribution in [0, 0.1) is 6.92 Å². The number of carbonyl (C=O) groups is 2. The molecule has 0 spiro atoms. The first kappa shape index (κ1) is 21.8. The molecule has 0 saturated heterocycles. The van der Waals surface area contributed by atoms with E-state index in [2.05, 4.69) is 0 Å². The molecule has 26 heavy (non-hydrogen) atoms. The Labute approximate surface area is 159 Å². The number of benzene rings is 1. The van der Waals surface area contributed by atoms with Crippen molar-refractivity contribution in [2.24, 2.45) is 0 Å². The molecular formula is C19H25ClO6. The molecule has 1 aliphatic heterocycles. The monoisotopic (exact) mass is 384 g/mol. The van der Waals surface area contributed by atoms with E-state index < -0.39 is 5.97 Å². The molecule has 7 heteroatoms. The Balaban J connectivity index is 0.00000338. The fourth-order valence-electron chi connectivity index (χ4n) is 2.94. The van der Waals surface area contributed by atoms with Crippen molar-refractivity contribution in [2.45, 2.75) is 46.6 Å². The van der Waals surface area contributed by atoms with Gasteiger partial charge in [-0.05, 0) is 39.2 Å². The number of hydrogen-bond acceptors (Lipinski definition) is 6. The van der Waals surface area contributed by atoms with Gasteiger partial charge in [-0.2, -0.15) is 0 Å². The second kappa shape index (κ2) is 9.48. The van der Waals surface area contributed by atoms with Gasteiger partial charge in [-0.3, -0.25) is 4.79 Å². The summed E-state index contributed by atoms with van der Waals surface area (Å²) in [5.41, 5.74) is 3.24. The highest BCUT2D eigenvalue weighted by Crippen LogP contribution is 2.42. The number of methoxy groups -OCH3 is 1. The number of halogens is 1. The summed E-state index contributed by atoms with van der Waals surface area (Å²) < 4.78 is 15.4. The lowest BCUT2D eigenvalue weighted by Crippen LogP contribution is -2.04. The van der Waals surface area contributed by atoms with E-state index in [9.17, 15) is 14.7 Å². The molecule has 0 aliphatic carbocycles. The zero-order valence-electron chi connectivity index (χ0n) is 15.5. The smallest absolute Gasteiger partial charge is 0.342 e. The van der Waals surface area contributed by atoms with Crippen LogP contribution in [0.1, 0.15) is 53.7 Å². The van der Waals surface area contributed by atoms with Crippen LogP contribution in [-0.4, -0.2) is 30.8 Å². The Bertz CT molecular complexity index is 723. The van der Waals surface area contributed by atoms with E-state index in [0.29, 0.717) is 42.7 Å². The molecule has 144 valence electrons. The van der Waals surface area contributed by atoms with Gasteiger partial charge in [0, 0.05) is 17.5 Å². The maximum atomic E-state index is 11.9. The topological polar surface area (TPSA) is 82.1 Å². The van der Waals surface area contributed by atoms with E-state index in [1.165, 1.54) is 7.11 Å². The third-order valence-corrected chi connectivity index (χ3v) is 4.33. The first-order valence-corrected chi connectivity index (χ1v) is 8.30. The molecule has 0 fully saturated rings. The van der Waals surface area contributed by atoms with E-state index in [-0.39, 0.29) is 36.3 Å². The number of ether oxygens (including phenoxy) is 3. The number of rotatable bonds is 7. The van der Waals surface area contributed by atoms with Gasteiger partial charge in [0.05, 0.1) is 13.7 Å². The molecule has 0 saturated carbocycles. The minimum absolute atomic E-state index is 0. The molecule has 1 heterocycles. The molecule has 0 amide bonds. The molecule has 6 nitrogen and oxygen atoms in total. The van der Waals surface area contributed by atoms with Crippen molar-refractivity contribution in [3.63, 3.8) is 0 Å². The van der Waals surface area contributed by atoms with Gasteiger partial charge in [0.15, 0.2) is 0 Å². The summed E-state index contributed by atoms with van der Waals surface area (Å²) >= 11 is 0. The number of allylic oxidation sites excluding steroid dienone is 2. The Kier molecular flexibility index (Phi) is 7.96. The van der Waals surface area contributed by atoms with E-state index in [4.69, 9.17) is 14.2 Å². The van der Waals surface area contributed by atoms with E-state index in [1.807, 2.05) is 19.9 Å². The van der Waals surface area contributed by atoms with Gasteiger partial charge >= 0.3 is 11.9 Å². The van der Waals surface area contributed by atoms with Crippen LogP contribution in [-0.2, 0) is 27.3 Å². The maximum Gasteiger partial charge on any atom is 0.342 e. The highest BCUT2D eigenvalue weighted by molar-refractivity contribution is 5.98. The fraction of sp³-hybridized carbons (Fsp3) is 0.474. The second-order valence-electron chi connectivity index (χ2n) is 5.97. The van der Waals surface area contributed by atoms with Crippen molar-refractivity contribution < 1.29 is 28.9 Å². The van der Waals surface area contributed by atoms with Crippen LogP contribution in [0.4, 0.5) is 0 Å². The lowest BCUT2D eigenvalue weighted by Gasteiger charge is -2.15. The van der Waals surface area contributed by atoms with Crippen molar-refractivity contribution in [3.8, 4) is 11.5 Å². The highest BCUT2D eigenvalue weighted by atomic mass is 35.5. The van der Waals surface area contributed by atoms with E-state index in [1.54, 1.807) is 6.92 Å². The van der Waals surface area contributed by atoms with Crippen molar-refractivity contribution in [3.05, 3.63) is 33.9 Å². The molecule has 1 aliphatic rings. The average molecular weight is 385 g/mol. The lowest BCUT2D eigenvalue weighted by atomic mass is 9.94. The summed E-state index contributed by atoms with van der Waals surface area (Å²) in [6, 6.07) is 0. The van der Waals surface area contributed by atoms with Gasteiger partial charge in [0.1, 0.15) is 23.7 Å². The van der Waals surface area contributed by atoms with Crippen LogP contribution in [0.15, 0.2) is 11.6 Å². The SMILES string of the molecule is CCOC(=O)CC/C(C)=C/Cc1c(O)c2c(c(C)c1OC)COC2=O.Cl. The first-order chi connectivity index (χ1) is 11.9. The molecular weight excluding hydrogens is 360 g/mol. The summed E-state index contributed by atoms with van der Waals surface area (Å²) in [5, 5.41) is 10.5. The molecule has 0 bridgehead atoms. The summed E-state index contributed by atoms with van der Waals surface area (Å²) in [6.45, 7) is 6.06. The van der Waals surface area contributed by atoms with Gasteiger partial charge in [0.2, 0.25) is 0 Å². The summed E-state index contributed by atoms with van der Waals surface area (Å²) in [4.78, 5) is 23.3. The Morgan fingerprint density at radius 3 is 2.65 bits per heavy atom. The summed E-state index contributed by atoms with van der Waals surface area (Å²) in [6.07, 6.45) is 3.21. The van der Waals surface area contributed by atoms with Crippen molar-refractivity contribution in [1.29, 1.82) is 0 Å². The van der Waals surface area contributed by atoms with Crippen molar-refractivity contribution in [2.75, 3.05) is 13.7 Å². The molecule has 0 radical (unpaired) electrons. The molecule has 0 atom stereocenters. The van der Waals surface area contributed by atoms with Crippen LogP contribution in [0.3, 0.4) is 0 Å². The molecule has 0 aromatic heterocycles. The van der Waals surface area contributed by atoms with Gasteiger partial charge < -0.3 is 19.3 Å². The molecule has 1 aromatic rings. The molecule has 2 rings (SSSR count). The average Bonchev–Trinajstić information content (AvgIpc) is 2.97. The minimum atomic E-state index is -0.512. The standard InChI is InChI=1S/C19H24O6.ClH/c1-5-24-15(20)9-7-11(2)6-8-13-17(21)16-14(10-25-19(16)22)12(3)18(13)23-4;/h6,21H,5,7-10H2,1-4H3;1H/b11-6+;. The Morgan fingerprint density at radius 2 is 2.04 bits per heavy atom. The van der Waals surface area contributed by atoms with Crippen LogP contribution in [0.5, 0.6) is 11.5 Å². The predicted octanol–water partition coefficient (Wildman–Crippen LogP) is 3.63. The molecule has 0 unspecified atom stereocenters. The minimum Gasteiger partial charge on any atom is -0.507 e. The van der Waals surface area contributed by atoms with Crippen LogP contribution in [0.2, 0.25) is 0 Å². The largest absolute Gasteiger partial charge is 0.507 e. The zero-order valence-corrected chi connectivity index (χ0v) is 16.3. The van der Waals surface area contributed by atoms with Gasteiger partial charge in [0.25, 0.3) is 0 Å². The zero-order chi connectivity index (χ0) is 18.6. The first-order valence-electron chi connectivity index (χ1n) is 8.30. The number of esters is 2.